The number of nitrogens with zero attached hydrogens (tertiary/aromatic N) is 3. The summed E-state index contributed by atoms with van der Waals surface area (Å²) in [6.07, 6.45) is 5.87. The molecule has 0 saturated heterocycles. The van der Waals surface area contributed by atoms with Crippen LogP contribution in [0.5, 0.6) is 0 Å². The molecule has 3 N–H and O–H groups in total. The minimum atomic E-state index is -1.07. The Hall–Kier alpha value is -1.55. The Morgan fingerprint density at radius 2 is 2.11 bits per heavy atom. The van der Waals surface area contributed by atoms with Crippen LogP contribution in [0.25, 0.3) is 0 Å². The summed E-state index contributed by atoms with van der Waals surface area (Å²) in [6, 6.07) is 1.87. The van der Waals surface area contributed by atoms with Gasteiger partial charge in [-0.05, 0) is 52.2 Å². The van der Waals surface area contributed by atoms with Gasteiger partial charge in [0.2, 0.25) is 0 Å². The van der Waals surface area contributed by atoms with Gasteiger partial charge in [-0.3, -0.25) is 4.68 Å². The molecule has 152 valence electrons. The summed E-state index contributed by atoms with van der Waals surface area (Å²) < 4.78 is 7.35. The zero-order valence-corrected chi connectivity index (χ0v) is 19.2. The lowest BCUT2D eigenvalue weighted by molar-refractivity contribution is 0.0657. The van der Waals surface area contributed by atoms with E-state index in [0.717, 1.165) is 43.0 Å². The SMILES string of the molecule is CCNC(=NCC(C)(O)c1cc(C)oc1C)NCCCc1cnn(C)c1.I. The summed E-state index contributed by atoms with van der Waals surface area (Å²) in [6.45, 7) is 9.35. The molecule has 2 aromatic rings. The van der Waals surface area contributed by atoms with Crippen molar-refractivity contribution in [1.82, 2.24) is 20.4 Å². The molecule has 0 fully saturated rings. The van der Waals surface area contributed by atoms with Crippen LogP contribution in [0, 0.1) is 13.8 Å². The zero-order valence-electron chi connectivity index (χ0n) is 16.9. The fourth-order valence-electron chi connectivity index (χ4n) is 2.93. The average molecular weight is 489 g/mol. The van der Waals surface area contributed by atoms with E-state index in [1.165, 1.54) is 5.56 Å². The van der Waals surface area contributed by atoms with Crippen LogP contribution >= 0.6 is 24.0 Å². The van der Waals surface area contributed by atoms with E-state index in [2.05, 4.69) is 20.7 Å². The van der Waals surface area contributed by atoms with Crippen LogP contribution in [0.2, 0.25) is 0 Å². The second-order valence-electron chi connectivity index (χ2n) is 6.85. The molecule has 0 radical (unpaired) electrons. The number of furan rings is 1. The molecule has 8 heteroatoms. The van der Waals surface area contributed by atoms with Crippen molar-refractivity contribution in [1.29, 1.82) is 0 Å². The molecule has 0 aromatic carbocycles. The van der Waals surface area contributed by atoms with Crippen molar-refractivity contribution in [2.75, 3.05) is 19.6 Å². The van der Waals surface area contributed by atoms with Crippen molar-refractivity contribution < 1.29 is 9.52 Å². The first-order valence-electron chi connectivity index (χ1n) is 9.11. The second-order valence-corrected chi connectivity index (χ2v) is 6.85. The van der Waals surface area contributed by atoms with Crippen LogP contribution in [-0.4, -0.2) is 40.5 Å². The Labute approximate surface area is 178 Å². The lowest BCUT2D eigenvalue weighted by atomic mass is 9.96. The smallest absolute Gasteiger partial charge is 0.191 e. The highest BCUT2D eigenvalue weighted by Gasteiger charge is 2.27. The first kappa shape index (κ1) is 23.5. The van der Waals surface area contributed by atoms with Gasteiger partial charge in [-0.25, -0.2) is 4.99 Å². The van der Waals surface area contributed by atoms with E-state index in [1.54, 1.807) is 6.92 Å². The summed E-state index contributed by atoms with van der Waals surface area (Å²) in [4.78, 5) is 4.55. The maximum atomic E-state index is 10.8. The van der Waals surface area contributed by atoms with Crippen LogP contribution in [0.3, 0.4) is 0 Å². The lowest BCUT2D eigenvalue weighted by Gasteiger charge is -2.21. The van der Waals surface area contributed by atoms with E-state index in [4.69, 9.17) is 4.42 Å². The van der Waals surface area contributed by atoms with Gasteiger partial charge in [-0.2, -0.15) is 5.10 Å². The molecule has 2 heterocycles. The normalized spacial score (nSPS) is 13.8. The number of guanidine groups is 1. The molecule has 0 spiro atoms. The number of nitrogens with one attached hydrogen (secondary N) is 2. The number of hydrogen-bond donors (Lipinski definition) is 3. The second kappa shape index (κ2) is 10.7. The van der Waals surface area contributed by atoms with Crippen molar-refractivity contribution in [2.45, 2.75) is 46.1 Å². The van der Waals surface area contributed by atoms with E-state index in [1.807, 2.05) is 51.0 Å². The van der Waals surface area contributed by atoms with E-state index in [9.17, 15) is 5.11 Å². The largest absolute Gasteiger partial charge is 0.466 e. The summed E-state index contributed by atoms with van der Waals surface area (Å²) in [5.74, 6) is 2.23. The highest BCUT2D eigenvalue weighted by Crippen LogP contribution is 2.27. The quantitative estimate of drug-likeness (QED) is 0.230. The Kier molecular flexibility index (Phi) is 9.31. The van der Waals surface area contributed by atoms with Gasteiger partial charge in [-0.1, -0.05) is 0 Å². The predicted molar refractivity (Wildman–Crippen MR) is 119 cm³/mol. The monoisotopic (exact) mass is 489 g/mol. The van der Waals surface area contributed by atoms with Crippen LogP contribution in [-0.2, 0) is 19.1 Å². The molecule has 7 nitrogen and oxygen atoms in total. The van der Waals surface area contributed by atoms with Crippen molar-refractivity contribution in [3.63, 3.8) is 0 Å². The van der Waals surface area contributed by atoms with Gasteiger partial charge < -0.3 is 20.2 Å². The minimum absolute atomic E-state index is 0. The molecular formula is C19H32IN5O2. The summed E-state index contributed by atoms with van der Waals surface area (Å²) in [7, 11) is 1.92. The Morgan fingerprint density at radius 1 is 1.37 bits per heavy atom. The molecular weight excluding hydrogens is 457 g/mol. The minimum Gasteiger partial charge on any atom is -0.466 e. The fourth-order valence-corrected chi connectivity index (χ4v) is 2.93. The molecule has 0 aliphatic rings. The highest BCUT2D eigenvalue weighted by molar-refractivity contribution is 14.0. The molecule has 1 unspecified atom stereocenters. The van der Waals surface area contributed by atoms with E-state index in [0.29, 0.717) is 5.96 Å². The summed E-state index contributed by atoms with van der Waals surface area (Å²) in [5.41, 5.74) is 0.941. The molecule has 0 bridgehead atoms. The van der Waals surface area contributed by atoms with Gasteiger partial charge in [0.1, 0.15) is 17.1 Å². The fraction of sp³-hybridized carbons (Fsp3) is 0.579. The van der Waals surface area contributed by atoms with Gasteiger partial charge in [-0.15, -0.1) is 24.0 Å². The van der Waals surface area contributed by atoms with Crippen LogP contribution in [0.4, 0.5) is 0 Å². The number of rotatable bonds is 8. The van der Waals surface area contributed by atoms with Crippen molar-refractivity contribution >= 4 is 29.9 Å². The number of aliphatic imine (C=N–C) groups is 1. The van der Waals surface area contributed by atoms with E-state index < -0.39 is 5.60 Å². The maximum Gasteiger partial charge on any atom is 0.191 e. The number of hydrogen-bond acceptors (Lipinski definition) is 4. The van der Waals surface area contributed by atoms with Gasteiger partial charge >= 0.3 is 0 Å². The third-order valence-corrected chi connectivity index (χ3v) is 4.20. The number of aryl methyl sites for hydroxylation is 4. The third-order valence-electron chi connectivity index (χ3n) is 4.20. The average Bonchev–Trinajstić information content (AvgIpc) is 3.14. The molecule has 27 heavy (non-hydrogen) atoms. The van der Waals surface area contributed by atoms with Gasteiger partial charge in [0.25, 0.3) is 0 Å². The topological polar surface area (TPSA) is 87.6 Å². The first-order chi connectivity index (χ1) is 12.3. The van der Waals surface area contributed by atoms with Crippen molar-refractivity contribution in [3.8, 4) is 0 Å². The molecule has 0 amide bonds. The zero-order chi connectivity index (χ0) is 19.2. The standard InChI is InChI=1S/C19H31N5O2.HI/c1-6-20-18(21-9-7-8-16-11-23-24(5)12-16)22-13-19(4,25)17-10-14(2)26-15(17)3;/h10-12,25H,6-9,13H2,1-5H3,(H2,20,21,22);1H. The molecule has 2 rings (SSSR count). The summed E-state index contributed by atoms with van der Waals surface area (Å²) in [5, 5.41) is 21.5. The molecule has 0 aliphatic heterocycles. The number of halogens is 1. The highest BCUT2D eigenvalue weighted by atomic mass is 127. The van der Waals surface area contributed by atoms with Gasteiger partial charge in [0.15, 0.2) is 5.96 Å². The van der Waals surface area contributed by atoms with Crippen LogP contribution in [0.1, 0.15) is 42.9 Å². The summed E-state index contributed by atoms with van der Waals surface area (Å²) >= 11 is 0. The lowest BCUT2D eigenvalue weighted by Crippen LogP contribution is -2.39. The first-order valence-corrected chi connectivity index (χ1v) is 9.11. The predicted octanol–water partition coefficient (Wildman–Crippen LogP) is 2.64. The number of aromatic nitrogens is 2. The molecule has 2 aromatic heterocycles. The van der Waals surface area contributed by atoms with Crippen molar-refractivity contribution in [2.24, 2.45) is 12.0 Å². The van der Waals surface area contributed by atoms with Crippen molar-refractivity contribution in [3.05, 3.63) is 41.1 Å². The maximum absolute atomic E-state index is 10.8. The van der Waals surface area contributed by atoms with Gasteiger partial charge in [0.05, 0.1) is 12.7 Å². The molecule has 1 atom stereocenters. The molecule has 0 saturated carbocycles. The third kappa shape index (κ3) is 7.17. The number of aliphatic hydroxyl groups is 1. The van der Waals surface area contributed by atoms with Crippen LogP contribution in [0.15, 0.2) is 27.9 Å². The van der Waals surface area contributed by atoms with Gasteiger partial charge in [0, 0.05) is 31.9 Å². The van der Waals surface area contributed by atoms with Crippen LogP contribution < -0.4 is 10.6 Å². The molecule has 0 aliphatic carbocycles. The van der Waals surface area contributed by atoms with E-state index in [-0.39, 0.29) is 30.5 Å². The Balaban J connectivity index is 0.00000364. The van der Waals surface area contributed by atoms with E-state index >= 15 is 0 Å². The Bertz CT molecular complexity index is 736. The Morgan fingerprint density at radius 3 is 2.67 bits per heavy atom.